The first-order valence-electron chi connectivity index (χ1n) is 5.37. The van der Waals surface area contributed by atoms with E-state index in [2.05, 4.69) is 10.1 Å². The molecule has 0 aliphatic carbocycles. The van der Waals surface area contributed by atoms with Crippen LogP contribution in [0.5, 0.6) is 5.75 Å². The zero-order valence-electron chi connectivity index (χ0n) is 10.4. The molecule has 0 heterocycles. The lowest BCUT2D eigenvalue weighted by Crippen LogP contribution is -2.26. The van der Waals surface area contributed by atoms with Gasteiger partial charge in [0.15, 0.2) is 5.75 Å². The molecule has 3 N–H and O–H groups in total. The molecule has 1 aromatic rings. The zero-order chi connectivity index (χ0) is 13.5. The number of carbonyl (C=O) groups is 2. The summed E-state index contributed by atoms with van der Waals surface area (Å²) in [6.07, 6.45) is 0.118. The maximum Gasteiger partial charge on any atom is 0.307 e. The van der Waals surface area contributed by atoms with Gasteiger partial charge in [0.1, 0.15) is 0 Å². The van der Waals surface area contributed by atoms with Crippen LogP contribution in [0.3, 0.4) is 0 Å². The lowest BCUT2D eigenvalue weighted by Gasteiger charge is -2.10. The number of para-hydroxylation sites is 1. The van der Waals surface area contributed by atoms with Gasteiger partial charge >= 0.3 is 5.97 Å². The molecule has 0 fully saturated rings. The van der Waals surface area contributed by atoms with Gasteiger partial charge in [-0.3, -0.25) is 9.59 Å². The van der Waals surface area contributed by atoms with Crippen molar-refractivity contribution < 1.29 is 19.1 Å². The quantitative estimate of drug-likeness (QED) is 0.590. The summed E-state index contributed by atoms with van der Waals surface area (Å²) in [4.78, 5) is 22.7. The first-order chi connectivity index (χ1) is 8.60. The van der Waals surface area contributed by atoms with E-state index < -0.39 is 0 Å². The third-order valence-corrected chi connectivity index (χ3v) is 2.34. The molecule has 18 heavy (non-hydrogen) atoms. The number of methoxy groups -OCH3 is 2. The van der Waals surface area contributed by atoms with E-state index in [0.29, 0.717) is 17.0 Å². The predicted octanol–water partition coefficient (Wildman–Crippen LogP) is 0.570. The van der Waals surface area contributed by atoms with Crippen LogP contribution in [0.25, 0.3) is 0 Å². The summed E-state index contributed by atoms with van der Waals surface area (Å²) in [5, 5.41) is 2.59. The van der Waals surface area contributed by atoms with Crippen molar-refractivity contribution in [1.82, 2.24) is 5.32 Å². The fraction of sp³-hybridized carbons (Fsp3) is 0.333. The molecule has 0 bridgehead atoms. The molecular formula is C12H16N2O4. The average molecular weight is 252 g/mol. The molecule has 0 aliphatic heterocycles. The molecule has 0 aromatic heterocycles. The molecule has 6 heteroatoms. The van der Waals surface area contributed by atoms with Gasteiger partial charge in [-0.1, -0.05) is 6.07 Å². The van der Waals surface area contributed by atoms with Crippen LogP contribution < -0.4 is 15.8 Å². The van der Waals surface area contributed by atoms with Crippen molar-refractivity contribution in [2.75, 3.05) is 26.5 Å². The van der Waals surface area contributed by atoms with E-state index in [1.807, 2.05) is 0 Å². The van der Waals surface area contributed by atoms with Crippen LogP contribution in [0.2, 0.25) is 0 Å². The molecule has 0 spiro atoms. The van der Waals surface area contributed by atoms with Gasteiger partial charge in [-0.15, -0.1) is 0 Å². The van der Waals surface area contributed by atoms with E-state index >= 15 is 0 Å². The Morgan fingerprint density at radius 3 is 2.67 bits per heavy atom. The maximum atomic E-state index is 11.8. The fourth-order valence-electron chi connectivity index (χ4n) is 1.44. The Balaban J connectivity index is 2.67. The van der Waals surface area contributed by atoms with E-state index in [-0.39, 0.29) is 24.8 Å². The van der Waals surface area contributed by atoms with Crippen molar-refractivity contribution in [2.24, 2.45) is 0 Å². The third kappa shape index (κ3) is 3.38. The molecule has 0 atom stereocenters. The van der Waals surface area contributed by atoms with Gasteiger partial charge in [0.2, 0.25) is 0 Å². The SMILES string of the molecule is COC(=O)CCNC(=O)c1cccc(N)c1OC. The largest absolute Gasteiger partial charge is 0.494 e. The van der Waals surface area contributed by atoms with Crippen molar-refractivity contribution in [3.8, 4) is 5.75 Å². The van der Waals surface area contributed by atoms with Crippen molar-refractivity contribution in [2.45, 2.75) is 6.42 Å². The number of benzene rings is 1. The smallest absolute Gasteiger partial charge is 0.307 e. The number of carbonyl (C=O) groups excluding carboxylic acids is 2. The van der Waals surface area contributed by atoms with Crippen LogP contribution in [0.4, 0.5) is 5.69 Å². The minimum atomic E-state index is -0.380. The Morgan fingerprint density at radius 1 is 1.33 bits per heavy atom. The minimum absolute atomic E-state index is 0.118. The highest BCUT2D eigenvalue weighted by atomic mass is 16.5. The monoisotopic (exact) mass is 252 g/mol. The number of hydrogen-bond donors (Lipinski definition) is 2. The zero-order valence-corrected chi connectivity index (χ0v) is 10.4. The normalized spacial score (nSPS) is 9.67. The number of hydrogen-bond acceptors (Lipinski definition) is 5. The summed E-state index contributed by atoms with van der Waals surface area (Å²) in [6, 6.07) is 4.90. The summed E-state index contributed by atoms with van der Waals surface area (Å²) in [6.45, 7) is 0.198. The van der Waals surface area contributed by atoms with E-state index in [9.17, 15) is 9.59 Å². The average Bonchev–Trinajstić information content (AvgIpc) is 2.37. The van der Waals surface area contributed by atoms with Gasteiger partial charge in [-0.2, -0.15) is 0 Å². The number of nitrogens with two attached hydrogens (primary N) is 1. The Kier molecular flexibility index (Phi) is 4.98. The number of rotatable bonds is 5. The highest BCUT2D eigenvalue weighted by molar-refractivity contribution is 5.98. The van der Waals surface area contributed by atoms with Crippen LogP contribution in [-0.2, 0) is 9.53 Å². The minimum Gasteiger partial charge on any atom is -0.494 e. The number of nitrogens with one attached hydrogen (secondary N) is 1. The van der Waals surface area contributed by atoms with Gasteiger partial charge in [0.25, 0.3) is 5.91 Å². The van der Waals surface area contributed by atoms with E-state index in [0.717, 1.165) is 0 Å². The molecular weight excluding hydrogens is 236 g/mol. The molecule has 1 rings (SSSR count). The molecule has 0 unspecified atom stereocenters. The third-order valence-electron chi connectivity index (χ3n) is 2.34. The molecule has 1 amide bonds. The topological polar surface area (TPSA) is 90.7 Å². The summed E-state index contributed by atoms with van der Waals surface area (Å²) in [7, 11) is 2.74. The van der Waals surface area contributed by atoms with Gasteiger partial charge in [-0.25, -0.2) is 0 Å². The van der Waals surface area contributed by atoms with Gasteiger partial charge in [-0.05, 0) is 12.1 Å². The van der Waals surface area contributed by atoms with Crippen LogP contribution in [0.15, 0.2) is 18.2 Å². The Morgan fingerprint density at radius 2 is 2.06 bits per heavy atom. The molecule has 0 saturated heterocycles. The number of nitrogen functional groups attached to an aromatic ring is 1. The number of ether oxygens (including phenoxy) is 2. The van der Waals surface area contributed by atoms with Crippen LogP contribution in [0, 0.1) is 0 Å². The lowest BCUT2D eigenvalue weighted by molar-refractivity contribution is -0.140. The number of anilines is 1. The Hall–Kier alpha value is -2.24. The first-order valence-corrected chi connectivity index (χ1v) is 5.37. The van der Waals surface area contributed by atoms with E-state index in [1.54, 1.807) is 18.2 Å². The van der Waals surface area contributed by atoms with Crippen LogP contribution >= 0.6 is 0 Å². The van der Waals surface area contributed by atoms with E-state index in [4.69, 9.17) is 10.5 Å². The maximum absolute atomic E-state index is 11.8. The number of esters is 1. The summed E-state index contributed by atoms with van der Waals surface area (Å²) < 4.78 is 9.54. The highest BCUT2D eigenvalue weighted by Gasteiger charge is 2.14. The molecule has 0 aliphatic rings. The summed E-state index contributed by atoms with van der Waals surface area (Å²) in [5.41, 5.74) is 6.41. The molecule has 6 nitrogen and oxygen atoms in total. The molecule has 0 saturated carbocycles. The van der Waals surface area contributed by atoms with Crippen molar-refractivity contribution >= 4 is 17.6 Å². The number of amides is 1. The second kappa shape index (κ2) is 6.48. The van der Waals surface area contributed by atoms with Gasteiger partial charge < -0.3 is 20.5 Å². The highest BCUT2D eigenvalue weighted by Crippen LogP contribution is 2.25. The Labute approximate surface area is 105 Å². The molecule has 98 valence electrons. The fourth-order valence-corrected chi connectivity index (χ4v) is 1.44. The lowest BCUT2D eigenvalue weighted by atomic mass is 10.1. The second-order valence-electron chi connectivity index (χ2n) is 3.51. The summed E-state index contributed by atoms with van der Waals surface area (Å²) >= 11 is 0. The van der Waals surface area contributed by atoms with Crippen LogP contribution in [0.1, 0.15) is 16.8 Å². The van der Waals surface area contributed by atoms with Crippen molar-refractivity contribution in [1.29, 1.82) is 0 Å². The molecule has 1 aromatic carbocycles. The Bertz CT molecular complexity index is 446. The van der Waals surface area contributed by atoms with Crippen LogP contribution in [-0.4, -0.2) is 32.6 Å². The van der Waals surface area contributed by atoms with Gasteiger partial charge in [0.05, 0.1) is 31.9 Å². The summed E-state index contributed by atoms with van der Waals surface area (Å²) in [5.74, 6) is -0.397. The second-order valence-corrected chi connectivity index (χ2v) is 3.51. The standard InChI is InChI=1S/C12H16N2O4/c1-17-10(15)6-7-14-12(16)8-4-3-5-9(13)11(8)18-2/h3-5H,6-7,13H2,1-2H3,(H,14,16). The van der Waals surface area contributed by atoms with Crippen molar-refractivity contribution in [3.63, 3.8) is 0 Å². The first kappa shape index (κ1) is 13.8. The predicted molar refractivity (Wildman–Crippen MR) is 66.4 cm³/mol. The molecule has 0 radical (unpaired) electrons. The van der Waals surface area contributed by atoms with E-state index in [1.165, 1.54) is 14.2 Å². The van der Waals surface area contributed by atoms with Crippen molar-refractivity contribution in [3.05, 3.63) is 23.8 Å². The van der Waals surface area contributed by atoms with Gasteiger partial charge in [0, 0.05) is 6.54 Å².